The van der Waals surface area contributed by atoms with E-state index in [-0.39, 0.29) is 0 Å². The fourth-order valence-corrected chi connectivity index (χ4v) is 0.897. The second kappa shape index (κ2) is 1.76. The monoisotopic (exact) mass is 134 g/mol. The molecule has 0 fully saturated rings. The third-order valence-electron chi connectivity index (χ3n) is 1.30. The van der Waals surface area contributed by atoms with Crippen LogP contribution in [0.15, 0.2) is 18.6 Å². The zero-order valence-corrected chi connectivity index (χ0v) is 5.52. The van der Waals surface area contributed by atoms with Gasteiger partial charge < -0.3 is 0 Å². The van der Waals surface area contributed by atoms with Crippen molar-refractivity contribution in [2.45, 2.75) is 6.92 Å². The van der Waals surface area contributed by atoms with Crippen molar-refractivity contribution in [3.05, 3.63) is 24.3 Å². The number of nitrogens with zero attached hydrogens (tertiary/aromatic N) is 4. The highest BCUT2D eigenvalue weighted by Crippen LogP contribution is 2.00. The molecule has 0 aliphatic heterocycles. The Morgan fingerprint density at radius 3 is 3.10 bits per heavy atom. The molecule has 50 valence electrons. The van der Waals surface area contributed by atoms with E-state index >= 15 is 0 Å². The van der Waals surface area contributed by atoms with E-state index < -0.39 is 0 Å². The second-order valence-electron chi connectivity index (χ2n) is 2.13. The van der Waals surface area contributed by atoms with Crippen molar-refractivity contribution >= 4 is 5.52 Å². The molecule has 0 saturated heterocycles. The van der Waals surface area contributed by atoms with Crippen LogP contribution in [0.3, 0.4) is 0 Å². The number of rotatable bonds is 0. The van der Waals surface area contributed by atoms with Gasteiger partial charge in [-0.3, -0.25) is 0 Å². The number of aryl methyl sites for hydroxylation is 1. The van der Waals surface area contributed by atoms with E-state index in [1.807, 2.05) is 13.0 Å². The third kappa shape index (κ3) is 0.655. The molecule has 4 nitrogen and oxygen atoms in total. The summed E-state index contributed by atoms with van der Waals surface area (Å²) in [5, 5.41) is 11.5. The minimum absolute atomic E-state index is 0.979. The maximum Gasteiger partial charge on any atom is 0.140 e. The van der Waals surface area contributed by atoms with Crippen LogP contribution in [0.4, 0.5) is 0 Å². The molecule has 0 N–H and O–H groups in total. The minimum atomic E-state index is 0.979. The summed E-state index contributed by atoms with van der Waals surface area (Å²) in [5.74, 6) is 0. The first-order valence-electron chi connectivity index (χ1n) is 2.99. The van der Waals surface area contributed by atoms with Crippen LogP contribution >= 0.6 is 0 Å². The molecular formula is C6H6N4. The lowest BCUT2D eigenvalue weighted by Crippen LogP contribution is -1.89. The van der Waals surface area contributed by atoms with Gasteiger partial charge in [0.15, 0.2) is 0 Å². The van der Waals surface area contributed by atoms with Gasteiger partial charge in [0, 0.05) is 0 Å². The zero-order chi connectivity index (χ0) is 6.97. The van der Waals surface area contributed by atoms with E-state index in [1.54, 1.807) is 17.0 Å². The van der Waals surface area contributed by atoms with Gasteiger partial charge in [0.1, 0.15) is 6.33 Å². The van der Waals surface area contributed by atoms with Gasteiger partial charge in [-0.15, -0.1) is 5.10 Å². The van der Waals surface area contributed by atoms with Crippen LogP contribution in [0.5, 0.6) is 0 Å². The molecule has 4 heteroatoms. The zero-order valence-electron chi connectivity index (χ0n) is 5.52. The molecule has 0 spiro atoms. The standard InChI is InChI=1S/C6H6N4/c1-5-2-6-3-7-8-4-10(6)9-5/h2-4H,1H3. The molecule has 0 saturated carbocycles. The van der Waals surface area contributed by atoms with Crippen molar-refractivity contribution in [2.24, 2.45) is 0 Å². The number of hydrogen-bond acceptors (Lipinski definition) is 3. The molecule has 2 heterocycles. The first-order chi connectivity index (χ1) is 4.86. The Labute approximate surface area is 57.5 Å². The first-order valence-corrected chi connectivity index (χ1v) is 2.99. The van der Waals surface area contributed by atoms with E-state index in [0.29, 0.717) is 0 Å². The summed E-state index contributed by atoms with van der Waals surface area (Å²) >= 11 is 0. The Bertz CT molecular complexity index is 318. The maximum atomic E-state index is 4.13. The van der Waals surface area contributed by atoms with Gasteiger partial charge in [-0.1, -0.05) is 0 Å². The van der Waals surface area contributed by atoms with Gasteiger partial charge >= 0.3 is 0 Å². The van der Waals surface area contributed by atoms with Gasteiger partial charge in [0.25, 0.3) is 0 Å². The molecule has 0 bridgehead atoms. The van der Waals surface area contributed by atoms with Crippen LogP contribution < -0.4 is 0 Å². The van der Waals surface area contributed by atoms with Crippen LogP contribution in [-0.2, 0) is 0 Å². The topological polar surface area (TPSA) is 43.1 Å². The lowest BCUT2D eigenvalue weighted by molar-refractivity contribution is 0.852. The predicted molar refractivity (Wildman–Crippen MR) is 35.5 cm³/mol. The van der Waals surface area contributed by atoms with Crippen molar-refractivity contribution in [3.63, 3.8) is 0 Å². The Hall–Kier alpha value is -1.45. The number of hydrogen-bond donors (Lipinski definition) is 0. The minimum Gasteiger partial charge on any atom is -0.219 e. The fraction of sp³-hybridized carbons (Fsp3) is 0.167. The van der Waals surface area contributed by atoms with Crippen LogP contribution in [0.25, 0.3) is 5.52 Å². The molecule has 0 unspecified atom stereocenters. The predicted octanol–water partition coefficient (Wildman–Crippen LogP) is 0.433. The van der Waals surface area contributed by atoms with Crippen LogP contribution in [-0.4, -0.2) is 19.8 Å². The van der Waals surface area contributed by atoms with Crippen LogP contribution in [0.1, 0.15) is 5.69 Å². The molecule has 10 heavy (non-hydrogen) atoms. The first kappa shape index (κ1) is 5.34. The maximum absolute atomic E-state index is 4.13. The molecule has 0 radical (unpaired) electrons. The summed E-state index contributed by atoms with van der Waals surface area (Å²) in [4.78, 5) is 0. The van der Waals surface area contributed by atoms with Crippen molar-refractivity contribution in [3.8, 4) is 0 Å². The molecule has 0 aliphatic rings. The molecular weight excluding hydrogens is 128 g/mol. The summed E-state index contributed by atoms with van der Waals surface area (Å²) in [6.07, 6.45) is 3.27. The SMILES string of the molecule is Cc1cc2cnncn2n1. The summed E-state index contributed by atoms with van der Waals surface area (Å²) in [6, 6.07) is 1.95. The molecule has 0 atom stereocenters. The number of aromatic nitrogens is 4. The molecule has 0 aliphatic carbocycles. The highest BCUT2D eigenvalue weighted by Gasteiger charge is 1.93. The van der Waals surface area contributed by atoms with Gasteiger partial charge in [0.2, 0.25) is 0 Å². The highest BCUT2D eigenvalue weighted by molar-refractivity contribution is 5.43. The Morgan fingerprint density at radius 1 is 1.40 bits per heavy atom. The third-order valence-corrected chi connectivity index (χ3v) is 1.30. The lowest BCUT2D eigenvalue weighted by atomic mass is 10.4. The largest absolute Gasteiger partial charge is 0.219 e. The smallest absolute Gasteiger partial charge is 0.140 e. The molecule has 2 aromatic heterocycles. The van der Waals surface area contributed by atoms with E-state index in [0.717, 1.165) is 11.2 Å². The van der Waals surface area contributed by atoms with Crippen molar-refractivity contribution in [1.82, 2.24) is 19.8 Å². The number of fused-ring (bicyclic) bond motifs is 1. The summed E-state index contributed by atoms with van der Waals surface area (Å²) in [7, 11) is 0. The molecule has 2 rings (SSSR count). The van der Waals surface area contributed by atoms with Gasteiger partial charge in [-0.05, 0) is 13.0 Å². The molecule has 0 aromatic carbocycles. The van der Waals surface area contributed by atoms with Gasteiger partial charge in [-0.25, -0.2) is 4.52 Å². The fourth-order valence-electron chi connectivity index (χ4n) is 0.897. The van der Waals surface area contributed by atoms with E-state index in [4.69, 9.17) is 0 Å². The Morgan fingerprint density at radius 2 is 2.30 bits per heavy atom. The Balaban J connectivity index is 2.88. The van der Waals surface area contributed by atoms with E-state index in [1.165, 1.54) is 0 Å². The molecule has 2 aromatic rings. The summed E-state index contributed by atoms with van der Waals surface area (Å²) in [5.41, 5.74) is 1.96. The Kier molecular flexibility index (Phi) is 0.943. The quantitative estimate of drug-likeness (QED) is 0.524. The van der Waals surface area contributed by atoms with Crippen LogP contribution in [0.2, 0.25) is 0 Å². The second-order valence-corrected chi connectivity index (χ2v) is 2.13. The van der Waals surface area contributed by atoms with E-state index in [9.17, 15) is 0 Å². The van der Waals surface area contributed by atoms with Crippen LogP contribution in [0, 0.1) is 6.92 Å². The summed E-state index contributed by atoms with van der Waals surface area (Å²) < 4.78 is 1.70. The van der Waals surface area contributed by atoms with Gasteiger partial charge in [-0.2, -0.15) is 10.2 Å². The highest BCUT2D eigenvalue weighted by atomic mass is 15.3. The lowest BCUT2D eigenvalue weighted by Gasteiger charge is -1.84. The average molecular weight is 134 g/mol. The normalized spacial score (nSPS) is 10.5. The van der Waals surface area contributed by atoms with E-state index in [2.05, 4.69) is 15.3 Å². The van der Waals surface area contributed by atoms with Crippen molar-refractivity contribution < 1.29 is 0 Å². The summed E-state index contributed by atoms with van der Waals surface area (Å²) in [6.45, 7) is 1.94. The molecule has 0 amide bonds. The van der Waals surface area contributed by atoms with Crippen molar-refractivity contribution in [1.29, 1.82) is 0 Å². The van der Waals surface area contributed by atoms with Crippen molar-refractivity contribution in [2.75, 3.05) is 0 Å². The average Bonchev–Trinajstić information content (AvgIpc) is 2.27. The van der Waals surface area contributed by atoms with Gasteiger partial charge in [0.05, 0.1) is 17.4 Å².